The van der Waals surface area contributed by atoms with Crippen molar-refractivity contribution in [3.05, 3.63) is 88.5 Å². The first-order valence-corrected chi connectivity index (χ1v) is 11.2. The Kier molecular flexibility index (Phi) is 3.50. The Hall–Kier alpha value is -2.41. The molecule has 2 saturated carbocycles. The van der Waals surface area contributed by atoms with E-state index in [9.17, 15) is 4.79 Å². The number of fused-ring (bicyclic) bond motifs is 1. The Labute approximate surface area is 173 Å². The molecule has 0 N–H and O–H groups in total. The van der Waals surface area contributed by atoms with Gasteiger partial charge in [0.2, 0.25) is 0 Å². The van der Waals surface area contributed by atoms with Gasteiger partial charge in [0.25, 0.3) is 0 Å². The van der Waals surface area contributed by atoms with Crippen LogP contribution in [0.4, 0.5) is 0 Å². The zero-order valence-electron chi connectivity index (χ0n) is 17.4. The molecule has 7 rings (SSSR count). The number of ketones is 1. The molecule has 0 saturated heterocycles. The SMILES string of the molecule is CC1=C(C)C2CCC1[C@@]13CCCC1=C(c1ccccc1)C(=O)[C@@]23c1ccccc1. The molecule has 1 spiro atoms. The molecular formula is C28H28O. The molecule has 2 aromatic carbocycles. The van der Waals surface area contributed by atoms with Gasteiger partial charge in [-0.2, -0.15) is 0 Å². The molecule has 2 bridgehead atoms. The first kappa shape index (κ1) is 17.4. The highest BCUT2D eigenvalue weighted by Gasteiger charge is 2.74. The third kappa shape index (κ3) is 1.81. The minimum atomic E-state index is -0.405. The van der Waals surface area contributed by atoms with Gasteiger partial charge in [-0.05, 0) is 68.9 Å². The number of carbonyl (C=O) groups excluding carboxylic acids is 1. The van der Waals surface area contributed by atoms with Crippen molar-refractivity contribution in [2.24, 2.45) is 17.3 Å². The van der Waals surface area contributed by atoms with Gasteiger partial charge in [-0.1, -0.05) is 77.4 Å². The molecule has 29 heavy (non-hydrogen) atoms. The maximum absolute atomic E-state index is 14.6. The third-order valence-electron chi connectivity index (χ3n) is 8.95. The van der Waals surface area contributed by atoms with E-state index in [1.165, 1.54) is 29.6 Å². The smallest absolute Gasteiger partial charge is 0.175 e. The van der Waals surface area contributed by atoms with Gasteiger partial charge < -0.3 is 0 Å². The number of benzene rings is 2. The molecule has 5 aliphatic carbocycles. The Morgan fingerprint density at radius 1 is 0.828 bits per heavy atom. The van der Waals surface area contributed by atoms with E-state index in [2.05, 4.69) is 74.5 Å². The average Bonchev–Trinajstić information content (AvgIpc) is 3.26. The fourth-order valence-corrected chi connectivity index (χ4v) is 8.04. The molecular weight excluding hydrogens is 352 g/mol. The van der Waals surface area contributed by atoms with Crippen LogP contribution in [0.25, 0.3) is 5.57 Å². The van der Waals surface area contributed by atoms with E-state index < -0.39 is 5.41 Å². The van der Waals surface area contributed by atoms with Crippen molar-refractivity contribution in [2.45, 2.75) is 51.4 Å². The number of carbonyl (C=O) groups is 1. The van der Waals surface area contributed by atoms with Gasteiger partial charge in [0.1, 0.15) is 0 Å². The first-order chi connectivity index (χ1) is 14.1. The topological polar surface area (TPSA) is 17.1 Å². The molecule has 4 atom stereocenters. The van der Waals surface area contributed by atoms with E-state index in [0.717, 1.165) is 30.4 Å². The summed E-state index contributed by atoms with van der Waals surface area (Å²) in [7, 11) is 0. The summed E-state index contributed by atoms with van der Waals surface area (Å²) in [6, 6.07) is 21.4. The molecule has 0 amide bonds. The van der Waals surface area contributed by atoms with Crippen LogP contribution in [0.5, 0.6) is 0 Å². The highest BCUT2D eigenvalue weighted by molar-refractivity contribution is 6.30. The number of allylic oxidation sites excluding steroid dienone is 4. The van der Waals surface area contributed by atoms with Gasteiger partial charge in [-0.25, -0.2) is 0 Å². The maximum atomic E-state index is 14.6. The number of hydrogen-bond donors (Lipinski definition) is 0. The molecule has 2 aromatic rings. The second-order valence-electron chi connectivity index (χ2n) is 9.60. The van der Waals surface area contributed by atoms with Gasteiger partial charge in [-0.15, -0.1) is 0 Å². The zero-order valence-corrected chi connectivity index (χ0v) is 17.4. The molecule has 1 nitrogen and oxygen atoms in total. The predicted octanol–water partition coefficient (Wildman–Crippen LogP) is 6.51. The Morgan fingerprint density at radius 2 is 1.45 bits per heavy atom. The van der Waals surface area contributed by atoms with Crippen LogP contribution in [-0.2, 0) is 10.2 Å². The van der Waals surface area contributed by atoms with Crippen LogP contribution in [-0.4, -0.2) is 5.78 Å². The van der Waals surface area contributed by atoms with Crippen LogP contribution in [0.3, 0.4) is 0 Å². The summed E-state index contributed by atoms with van der Waals surface area (Å²) in [6.07, 6.45) is 5.83. The van der Waals surface area contributed by atoms with Crippen LogP contribution in [0.15, 0.2) is 77.4 Å². The van der Waals surface area contributed by atoms with Gasteiger partial charge in [0, 0.05) is 11.0 Å². The van der Waals surface area contributed by atoms with Gasteiger partial charge in [0.05, 0.1) is 5.41 Å². The molecule has 5 aliphatic rings. The monoisotopic (exact) mass is 380 g/mol. The minimum Gasteiger partial charge on any atom is -0.293 e. The van der Waals surface area contributed by atoms with E-state index in [0.29, 0.717) is 17.6 Å². The molecule has 1 heteroatoms. The van der Waals surface area contributed by atoms with Gasteiger partial charge in [0.15, 0.2) is 5.78 Å². The Balaban J connectivity index is 1.73. The Morgan fingerprint density at radius 3 is 2.17 bits per heavy atom. The third-order valence-corrected chi connectivity index (χ3v) is 8.95. The average molecular weight is 381 g/mol. The van der Waals surface area contributed by atoms with Crippen LogP contribution in [0, 0.1) is 17.3 Å². The van der Waals surface area contributed by atoms with Crippen LogP contribution < -0.4 is 0 Å². The lowest BCUT2D eigenvalue weighted by atomic mass is 9.40. The molecule has 0 heterocycles. The lowest BCUT2D eigenvalue weighted by molar-refractivity contribution is -0.129. The molecule has 0 radical (unpaired) electrons. The van der Waals surface area contributed by atoms with Gasteiger partial charge in [-0.3, -0.25) is 4.79 Å². The van der Waals surface area contributed by atoms with Crippen molar-refractivity contribution in [1.82, 2.24) is 0 Å². The van der Waals surface area contributed by atoms with Gasteiger partial charge >= 0.3 is 0 Å². The second kappa shape index (κ2) is 5.81. The molecule has 2 fully saturated rings. The van der Waals surface area contributed by atoms with Crippen molar-refractivity contribution in [1.29, 1.82) is 0 Å². The summed E-state index contributed by atoms with van der Waals surface area (Å²) >= 11 is 0. The van der Waals surface area contributed by atoms with Crippen molar-refractivity contribution < 1.29 is 4.79 Å². The quantitative estimate of drug-likeness (QED) is 0.543. The maximum Gasteiger partial charge on any atom is 0.175 e. The van der Waals surface area contributed by atoms with Crippen molar-refractivity contribution in [3.8, 4) is 0 Å². The summed E-state index contributed by atoms with van der Waals surface area (Å²) in [6.45, 7) is 4.67. The summed E-state index contributed by atoms with van der Waals surface area (Å²) in [5, 5.41) is 0. The van der Waals surface area contributed by atoms with E-state index in [1.54, 1.807) is 5.57 Å². The standard InChI is InChI=1S/C28H28O/c1-18-19(2)23-16-15-22(18)27-17-9-14-24(27)25(20-10-5-3-6-11-20)26(29)28(23,27)21-12-7-4-8-13-21/h3-8,10-13,22-23H,9,14-17H2,1-2H3/t22?,23?,27-,28+/m0/s1. The van der Waals surface area contributed by atoms with Crippen molar-refractivity contribution in [3.63, 3.8) is 0 Å². The molecule has 0 aliphatic heterocycles. The Bertz CT molecular complexity index is 1070. The molecule has 146 valence electrons. The van der Waals surface area contributed by atoms with E-state index in [-0.39, 0.29) is 5.41 Å². The predicted molar refractivity (Wildman–Crippen MR) is 117 cm³/mol. The fourth-order valence-electron chi connectivity index (χ4n) is 8.04. The van der Waals surface area contributed by atoms with Crippen molar-refractivity contribution >= 4 is 11.4 Å². The molecule has 2 unspecified atom stereocenters. The van der Waals surface area contributed by atoms with Crippen LogP contribution >= 0.6 is 0 Å². The number of hydrogen-bond acceptors (Lipinski definition) is 1. The summed E-state index contributed by atoms with van der Waals surface area (Å²) < 4.78 is 0. The molecule has 0 aromatic heterocycles. The summed E-state index contributed by atoms with van der Waals surface area (Å²) in [5.41, 5.74) is 7.59. The number of Topliss-reactive ketones (excluding diaryl/α,β-unsaturated/α-hetero) is 1. The van der Waals surface area contributed by atoms with E-state index >= 15 is 0 Å². The normalized spacial score (nSPS) is 35.3. The van der Waals surface area contributed by atoms with E-state index in [4.69, 9.17) is 0 Å². The summed E-state index contributed by atoms with van der Waals surface area (Å²) in [5.74, 6) is 1.25. The lowest BCUT2D eigenvalue weighted by Gasteiger charge is -2.61. The highest BCUT2D eigenvalue weighted by Crippen LogP contribution is 2.76. The highest BCUT2D eigenvalue weighted by atomic mass is 16.1. The van der Waals surface area contributed by atoms with Crippen LogP contribution in [0.2, 0.25) is 0 Å². The number of rotatable bonds is 2. The lowest BCUT2D eigenvalue weighted by Crippen LogP contribution is -2.61. The minimum absolute atomic E-state index is 0.0108. The zero-order chi connectivity index (χ0) is 19.8. The van der Waals surface area contributed by atoms with Crippen LogP contribution in [0.1, 0.15) is 57.1 Å². The largest absolute Gasteiger partial charge is 0.293 e. The first-order valence-electron chi connectivity index (χ1n) is 11.2. The van der Waals surface area contributed by atoms with Crippen molar-refractivity contribution in [2.75, 3.05) is 0 Å². The van der Waals surface area contributed by atoms with E-state index in [1.807, 2.05) is 0 Å². The second-order valence-corrected chi connectivity index (χ2v) is 9.60. The fraction of sp³-hybridized carbons (Fsp3) is 0.393. The summed E-state index contributed by atoms with van der Waals surface area (Å²) in [4.78, 5) is 14.6.